The van der Waals surface area contributed by atoms with Crippen molar-refractivity contribution in [1.82, 2.24) is 4.98 Å². The van der Waals surface area contributed by atoms with Gasteiger partial charge in [0.05, 0.1) is 13.7 Å². The van der Waals surface area contributed by atoms with E-state index in [2.05, 4.69) is 4.98 Å². The lowest BCUT2D eigenvalue weighted by atomic mass is 10.1. The van der Waals surface area contributed by atoms with Crippen molar-refractivity contribution in [2.75, 3.05) is 13.7 Å². The van der Waals surface area contributed by atoms with Gasteiger partial charge in [-0.05, 0) is 6.92 Å². The Kier molecular flexibility index (Phi) is 3.67. The number of nitrogens with zero attached hydrogens (tertiary/aromatic N) is 1. The molecule has 0 unspecified atom stereocenters. The molecule has 0 aliphatic carbocycles. The highest BCUT2D eigenvalue weighted by atomic mass is 35.5. The number of carbonyl (C=O) groups excluding carboxylic acids is 1. The molecule has 1 heterocycles. The van der Waals surface area contributed by atoms with E-state index in [1.807, 2.05) is 24.3 Å². The van der Waals surface area contributed by atoms with Crippen molar-refractivity contribution in [1.29, 1.82) is 0 Å². The van der Waals surface area contributed by atoms with Crippen molar-refractivity contribution in [3.05, 3.63) is 35.1 Å². The number of aromatic nitrogens is 1. The number of carbonyl (C=O) groups is 1. The van der Waals surface area contributed by atoms with Crippen LogP contribution in [0.2, 0.25) is 5.15 Å². The Morgan fingerprint density at radius 1 is 1.33 bits per heavy atom. The predicted octanol–water partition coefficient (Wildman–Crippen LogP) is 3.07. The van der Waals surface area contributed by atoms with Gasteiger partial charge in [0, 0.05) is 10.8 Å². The zero-order valence-electron chi connectivity index (χ0n) is 10.1. The van der Waals surface area contributed by atoms with Gasteiger partial charge in [-0.3, -0.25) is 0 Å². The van der Waals surface area contributed by atoms with Gasteiger partial charge in [0.1, 0.15) is 5.15 Å². The molecule has 0 amide bonds. The maximum Gasteiger partial charge on any atom is 0.360 e. The Bertz CT molecular complexity index is 598. The highest BCUT2D eigenvalue weighted by Gasteiger charge is 2.20. The summed E-state index contributed by atoms with van der Waals surface area (Å²) in [6.45, 7) is 2.00. The van der Waals surface area contributed by atoms with E-state index in [9.17, 15) is 4.79 Å². The molecule has 0 spiro atoms. The molecule has 0 aliphatic rings. The fourth-order valence-electron chi connectivity index (χ4n) is 1.74. The van der Waals surface area contributed by atoms with Crippen LogP contribution in [0, 0.1) is 0 Å². The van der Waals surface area contributed by atoms with Crippen LogP contribution in [0.25, 0.3) is 10.8 Å². The minimum Gasteiger partial charge on any atom is -0.494 e. The van der Waals surface area contributed by atoms with Crippen LogP contribution < -0.4 is 4.74 Å². The molecule has 0 atom stereocenters. The first-order chi connectivity index (χ1) is 8.69. The average Bonchev–Trinajstić information content (AvgIpc) is 2.39. The summed E-state index contributed by atoms with van der Waals surface area (Å²) in [5.74, 6) is -0.157. The van der Waals surface area contributed by atoms with Crippen molar-refractivity contribution in [2.45, 2.75) is 6.92 Å². The molecule has 2 rings (SSSR count). The Morgan fingerprint density at radius 2 is 2.00 bits per heavy atom. The highest BCUT2D eigenvalue weighted by molar-refractivity contribution is 6.34. The van der Waals surface area contributed by atoms with E-state index in [1.165, 1.54) is 7.11 Å². The van der Waals surface area contributed by atoms with Gasteiger partial charge < -0.3 is 9.47 Å². The minimum absolute atomic E-state index is 0.100. The summed E-state index contributed by atoms with van der Waals surface area (Å²) < 4.78 is 10.2. The van der Waals surface area contributed by atoms with E-state index in [4.69, 9.17) is 21.1 Å². The summed E-state index contributed by atoms with van der Waals surface area (Å²) in [7, 11) is 1.49. The van der Waals surface area contributed by atoms with Gasteiger partial charge in [-0.25, -0.2) is 9.78 Å². The number of benzene rings is 1. The van der Waals surface area contributed by atoms with Crippen LogP contribution in [0.3, 0.4) is 0 Å². The molecule has 0 radical (unpaired) electrons. The summed E-state index contributed by atoms with van der Waals surface area (Å²) in [4.78, 5) is 15.9. The normalized spacial score (nSPS) is 10.4. The van der Waals surface area contributed by atoms with E-state index in [1.54, 1.807) is 6.92 Å². The van der Waals surface area contributed by atoms with Gasteiger partial charge in [-0.15, -0.1) is 0 Å². The smallest absolute Gasteiger partial charge is 0.360 e. The maximum atomic E-state index is 11.8. The zero-order chi connectivity index (χ0) is 13.1. The van der Waals surface area contributed by atoms with Crippen LogP contribution in [0.15, 0.2) is 24.3 Å². The maximum absolute atomic E-state index is 11.8. The molecule has 18 heavy (non-hydrogen) atoms. The molecule has 0 saturated carbocycles. The number of esters is 1. The SMILES string of the molecule is CCOC(=O)c1nc(Cl)c2ccccc2c1OC. The lowest BCUT2D eigenvalue weighted by Gasteiger charge is -2.11. The quantitative estimate of drug-likeness (QED) is 0.632. The fourth-order valence-corrected chi connectivity index (χ4v) is 1.99. The molecule has 94 valence electrons. The van der Waals surface area contributed by atoms with E-state index in [0.29, 0.717) is 5.75 Å². The minimum atomic E-state index is -0.540. The number of methoxy groups -OCH3 is 1. The molecule has 0 bridgehead atoms. The van der Waals surface area contributed by atoms with Crippen LogP contribution in [0.1, 0.15) is 17.4 Å². The predicted molar refractivity (Wildman–Crippen MR) is 69.3 cm³/mol. The number of pyridine rings is 1. The highest BCUT2D eigenvalue weighted by Crippen LogP contribution is 2.32. The summed E-state index contributed by atoms with van der Waals surface area (Å²) in [5, 5.41) is 1.74. The number of halogens is 1. The van der Waals surface area contributed by atoms with Gasteiger partial charge in [0.25, 0.3) is 0 Å². The van der Waals surface area contributed by atoms with Crippen molar-refractivity contribution >= 4 is 28.3 Å². The first-order valence-corrected chi connectivity index (χ1v) is 5.86. The summed E-state index contributed by atoms with van der Waals surface area (Å²) >= 11 is 6.06. The molecular formula is C13H12ClNO3. The number of ether oxygens (including phenoxy) is 2. The summed E-state index contributed by atoms with van der Waals surface area (Å²) in [5.41, 5.74) is 0.100. The largest absolute Gasteiger partial charge is 0.494 e. The molecule has 0 aliphatic heterocycles. The first-order valence-electron chi connectivity index (χ1n) is 5.48. The number of rotatable bonds is 3. The Morgan fingerprint density at radius 3 is 2.61 bits per heavy atom. The third kappa shape index (κ3) is 2.11. The van der Waals surface area contributed by atoms with Crippen molar-refractivity contribution < 1.29 is 14.3 Å². The second kappa shape index (κ2) is 5.23. The number of hydrogen-bond acceptors (Lipinski definition) is 4. The Labute approximate surface area is 109 Å². The summed E-state index contributed by atoms with van der Waals surface area (Å²) in [6.07, 6.45) is 0. The molecule has 1 aromatic carbocycles. The molecular weight excluding hydrogens is 254 g/mol. The molecule has 1 aromatic heterocycles. The van der Waals surface area contributed by atoms with Crippen molar-refractivity contribution in [3.8, 4) is 5.75 Å². The average molecular weight is 266 g/mol. The second-order valence-corrected chi connectivity index (χ2v) is 3.91. The van der Waals surface area contributed by atoms with E-state index < -0.39 is 5.97 Å². The van der Waals surface area contributed by atoms with Crippen molar-refractivity contribution in [3.63, 3.8) is 0 Å². The molecule has 4 nitrogen and oxygen atoms in total. The third-order valence-electron chi connectivity index (χ3n) is 2.49. The standard InChI is InChI=1S/C13H12ClNO3/c1-3-18-13(16)10-11(17-2)8-6-4-5-7-9(8)12(14)15-10/h4-7H,3H2,1-2H3. The zero-order valence-corrected chi connectivity index (χ0v) is 10.8. The Balaban J connectivity index is 2.71. The molecule has 0 fully saturated rings. The van der Waals surface area contributed by atoms with Gasteiger partial charge >= 0.3 is 5.97 Å². The lowest BCUT2D eigenvalue weighted by Crippen LogP contribution is -2.10. The molecule has 2 aromatic rings. The lowest BCUT2D eigenvalue weighted by molar-refractivity contribution is 0.0516. The van der Waals surface area contributed by atoms with Crippen LogP contribution >= 0.6 is 11.6 Å². The van der Waals surface area contributed by atoms with Crippen LogP contribution in [0.4, 0.5) is 0 Å². The monoisotopic (exact) mass is 265 g/mol. The fraction of sp³-hybridized carbons (Fsp3) is 0.231. The van der Waals surface area contributed by atoms with E-state index in [-0.39, 0.29) is 17.5 Å². The van der Waals surface area contributed by atoms with Gasteiger partial charge in [0.2, 0.25) is 0 Å². The van der Waals surface area contributed by atoms with Gasteiger partial charge in [-0.1, -0.05) is 35.9 Å². The second-order valence-electron chi connectivity index (χ2n) is 3.55. The number of fused-ring (bicyclic) bond motifs is 1. The van der Waals surface area contributed by atoms with E-state index >= 15 is 0 Å². The molecule has 0 N–H and O–H groups in total. The Hall–Kier alpha value is -1.81. The van der Waals surface area contributed by atoms with Crippen molar-refractivity contribution in [2.24, 2.45) is 0 Å². The first kappa shape index (κ1) is 12.6. The van der Waals surface area contributed by atoms with Crippen LogP contribution in [0.5, 0.6) is 5.75 Å². The van der Waals surface area contributed by atoms with E-state index in [0.717, 1.165) is 10.8 Å². The van der Waals surface area contributed by atoms with Gasteiger partial charge in [0.15, 0.2) is 11.4 Å². The van der Waals surface area contributed by atoms with Crippen LogP contribution in [-0.4, -0.2) is 24.7 Å². The summed E-state index contributed by atoms with van der Waals surface area (Å²) in [6, 6.07) is 7.34. The molecule has 5 heteroatoms. The van der Waals surface area contributed by atoms with Gasteiger partial charge in [-0.2, -0.15) is 0 Å². The molecule has 0 saturated heterocycles. The number of hydrogen-bond donors (Lipinski definition) is 0. The topological polar surface area (TPSA) is 48.4 Å². The third-order valence-corrected chi connectivity index (χ3v) is 2.78. The van der Waals surface area contributed by atoms with Crippen LogP contribution in [-0.2, 0) is 4.74 Å².